The van der Waals surface area contributed by atoms with Gasteiger partial charge in [0.05, 0.1) is 12.5 Å². The molecule has 0 aromatic heterocycles. The minimum absolute atomic E-state index is 0.117. The van der Waals surface area contributed by atoms with Crippen LogP contribution >= 0.6 is 0 Å². The molecule has 2 saturated heterocycles. The molecule has 2 atom stereocenters. The average molecular weight is 423 g/mol. The van der Waals surface area contributed by atoms with Crippen molar-refractivity contribution in [3.63, 3.8) is 0 Å². The zero-order valence-corrected chi connectivity index (χ0v) is 17.3. The van der Waals surface area contributed by atoms with Crippen LogP contribution in [0.2, 0.25) is 0 Å². The molecule has 2 N–H and O–H groups in total. The number of carbonyl (C=O) groups excluding carboxylic acids is 3. The van der Waals surface area contributed by atoms with E-state index in [1.54, 1.807) is 45.0 Å². The fourth-order valence-corrected chi connectivity index (χ4v) is 3.68. The molecule has 2 unspecified atom stereocenters. The highest BCUT2D eigenvalue weighted by Gasteiger charge is 2.47. The Morgan fingerprint density at radius 1 is 1.20 bits per heavy atom. The molecule has 1 aromatic rings. The van der Waals surface area contributed by atoms with Crippen molar-refractivity contribution in [3.8, 4) is 0 Å². The van der Waals surface area contributed by atoms with Crippen LogP contribution in [0, 0.1) is 0 Å². The molecule has 0 radical (unpaired) electrons. The Bertz CT molecular complexity index is 821. The number of hydrogen-bond donors (Lipinski definition) is 2. The van der Waals surface area contributed by atoms with Crippen LogP contribution in [0.1, 0.15) is 51.5 Å². The van der Waals surface area contributed by atoms with Gasteiger partial charge in [-0.2, -0.15) is 0 Å². The van der Waals surface area contributed by atoms with Crippen molar-refractivity contribution in [3.05, 3.63) is 29.8 Å². The molecule has 7 nitrogen and oxygen atoms in total. The molecule has 9 heteroatoms. The van der Waals surface area contributed by atoms with Gasteiger partial charge in [-0.25, -0.2) is 13.6 Å². The monoisotopic (exact) mass is 423 g/mol. The quantitative estimate of drug-likeness (QED) is 0.729. The molecule has 0 spiro atoms. The van der Waals surface area contributed by atoms with Gasteiger partial charge >= 0.3 is 6.09 Å². The fraction of sp³-hybridized carbons (Fsp3) is 0.571. The first-order valence-electron chi connectivity index (χ1n) is 10.0. The first kappa shape index (κ1) is 22.0. The zero-order chi connectivity index (χ0) is 22.1. The van der Waals surface area contributed by atoms with Gasteiger partial charge in [0.25, 0.3) is 5.92 Å². The van der Waals surface area contributed by atoms with Gasteiger partial charge in [-0.3, -0.25) is 14.9 Å². The number of rotatable bonds is 3. The summed E-state index contributed by atoms with van der Waals surface area (Å²) in [6, 6.07) is 5.98. The van der Waals surface area contributed by atoms with E-state index >= 15 is 0 Å². The fourth-order valence-electron chi connectivity index (χ4n) is 3.68. The SMILES string of the molecule is CC(C)(C)OC(=O)N1CCC(c2ccc(NC3CCC(=O)NC3=O)cc2)C(F)(F)C1. The summed E-state index contributed by atoms with van der Waals surface area (Å²) in [7, 11) is 0. The summed E-state index contributed by atoms with van der Waals surface area (Å²) in [5.74, 6) is -4.79. The van der Waals surface area contributed by atoms with Gasteiger partial charge in [-0.05, 0) is 51.3 Å². The Morgan fingerprint density at radius 2 is 1.87 bits per heavy atom. The molecule has 2 aliphatic rings. The molecule has 2 aliphatic heterocycles. The van der Waals surface area contributed by atoms with E-state index in [2.05, 4.69) is 10.6 Å². The Morgan fingerprint density at radius 3 is 2.43 bits per heavy atom. The minimum atomic E-state index is -3.09. The van der Waals surface area contributed by atoms with Crippen LogP contribution in [-0.4, -0.2) is 53.5 Å². The average Bonchev–Trinajstić information content (AvgIpc) is 2.62. The number of carbonyl (C=O) groups is 3. The number of alkyl halides is 2. The van der Waals surface area contributed by atoms with E-state index in [9.17, 15) is 23.2 Å². The third kappa shape index (κ3) is 5.25. The summed E-state index contributed by atoms with van der Waals surface area (Å²) >= 11 is 0. The Hall–Kier alpha value is -2.71. The second-order valence-electron chi connectivity index (χ2n) is 8.77. The van der Waals surface area contributed by atoms with Gasteiger partial charge in [0, 0.05) is 18.7 Å². The number of amides is 3. The lowest BCUT2D eigenvalue weighted by atomic mass is 9.86. The smallest absolute Gasteiger partial charge is 0.410 e. The van der Waals surface area contributed by atoms with Crippen molar-refractivity contribution in [2.24, 2.45) is 0 Å². The van der Waals surface area contributed by atoms with E-state index in [4.69, 9.17) is 4.74 Å². The number of halogens is 2. The normalized spacial score (nSPS) is 24.2. The third-order valence-electron chi connectivity index (χ3n) is 5.14. The van der Waals surface area contributed by atoms with Crippen molar-refractivity contribution in [1.29, 1.82) is 0 Å². The van der Waals surface area contributed by atoms with E-state index in [0.29, 0.717) is 17.7 Å². The van der Waals surface area contributed by atoms with E-state index < -0.39 is 42.0 Å². The van der Waals surface area contributed by atoms with Gasteiger partial charge in [0.2, 0.25) is 11.8 Å². The molecular formula is C21H27F2N3O4. The van der Waals surface area contributed by atoms with Crippen molar-refractivity contribution < 1.29 is 27.9 Å². The Balaban J connectivity index is 1.63. The largest absolute Gasteiger partial charge is 0.444 e. The van der Waals surface area contributed by atoms with Crippen LogP contribution in [0.3, 0.4) is 0 Å². The lowest BCUT2D eigenvalue weighted by Crippen LogP contribution is -2.50. The molecule has 0 aliphatic carbocycles. The predicted octanol–water partition coefficient (Wildman–Crippen LogP) is 3.26. The van der Waals surface area contributed by atoms with Crippen LogP contribution in [0.15, 0.2) is 24.3 Å². The highest BCUT2D eigenvalue weighted by atomic mass is 19.3. The summed E-state index contributed by atoms with van der Waals surface area (Å²) in [6.07, 6.45) is 0.0217. The van der Waals surface area contributed by atoms with Crippen LogP contribution < -0.4 is 10.6 Å². The second-order valence-corrected chi connectivity index (χ2v) is 8.77. The Labute approximate surface area is 174 Å². The van der Waals surface area contributed by atoms with Crippen LogP contribution in [-0.2, 0) is 14.3 Å². The van der Waals surface area contributed by atoms with Crippen molar-refractivity contribution in [2.45, 2.75) is 63.5 Å². The van der Waals surface area contributed by atoms with Gasteiger partial charge in [-0.1, -0.05) is 12.1 Å². The number of ether oxygens (including phenoxy) is 1. The summed E-state index contributed by atoms with van der Waals surface area (Å²) < 4.78 is 34.8. The lowest BCUT2D eigenvalue weighted by Gasteiger charge is -2.39. The summed E-state index contributed by atoms with van der Waals surface area (Å²) in [5.41, 5.74) is 0.342. The number of imide groups is 1. The molecule has 3 rings (SSSR count). The number of nitrogens with zero attached hydrogens (tertiary/aromatic N) is 1. The highest BCUT2D eigenvalue weighted by molar-refractivity contribution is 6.01. The number of anilines is 1. The van der Waals surface area contributed by atoms with Crippen LogP contribution in [0.4, 0.5) is 19.3 Å². The predicted molar refractivity (Wildman–Crippen MR) is 106 cm³/mol. The standard InChI is InChI=1S/C21H27F2N3O4/c1-20(2,3)30-19(29)26-11-10-15(21(22,23)12-26)13-4-6-14(7-5-13)24-16-8-9-17(27)25-18(16)28/h4-7,15-16,24H,8-12H2,1-3H3,(H,25,27,28). The summed E-state index contributed by atoms with van der Waals surface area (Å²) in [6.45, 7) is 4.58. The Kier molecular flexibility index (Phi) is 6.01. The van der Waals surface area contributed by atoms with Gasteiger partial charge < -0.3 is 15.0 Å². The molecule has 1 aromatic carbocycles. The lowest BCUT2D eigenvalue weighted by molar-refractivity contribution is -0.133. The van der Waals surface area contributed by atoms with Gasteiger partial charge in [0.15, 0.2) is 0 Å². The molecule has 30 heavy (non-hydrogen) atoms. The maximum atomic E-state index is 14.8. The zero-order valence-electron chi connectivity index (χ0n) is 17.3. The van der Waals surface area contributed by atoms with Crippen molar-refractivity contribution >= 4 is 23.6 Å². The van der Waals surface area contributed by atoms with Crippen molar-refractivity contribution in [2.75, 3.05) is 18.4 Å². The van der Waals surface area contributed by atoms with Crippen molar-refractivity contribution in [1.82, 2.24) is 10.2 Å². The molecule has 0 saturated carbocycles. The molecule has 2 heterocycles. The number of likely N-dealkylation sites (tertiary alicyclic amines) is 1. The van der Waals surface area contributed by atoms with Crippen LogP contribution in [0.25, 0.3) is 0 Å². The van der Waals surface area contributed by atoms with E-state index in [0.717, 1.165) is 4.90 Å². The highest BCUT2D eigenvalue weighted by Crippen LogP contribution is 2.41. The number of piperidine rings is 2. The molecular weight excluding hydrogens is 396 g/mol. The number of benzene rings is 1. The minimum Gasteiger partial charge on any atom is -0.444 e. The van der Waals surface area contributed by atoms with E-state index in [-0.39, 0.29) is 25.3 Å². The maximum Gasteiger partial charge on any atom is 0.410 e. The molecule has 164 valence electrons. The maximum absolute atomic E-state index is 14.8. The van der Waals surface area contributed by atoms with Gasteiger partial charge in [-0.15, -0.1) is 0 Å². The van der Waals surface area contributed by atoms with E-state index in [1.807, 2.05) is 0 Å². The first-order chi connectivity index (χ1) is 13.9. The second kappa shape index (κ2) is 8.20. The number of hydrogen-bond acceptors (Lipinski definition) is 5. The number of nitrogens with one attached hydrogen (secondary N) is 2. The van der Waals surface area contributed by atoms with Crippen LogP contribution in [0.5, 0.6) is 0 Å². The third-order valence-corrected chi connectivity index (χ3v) is 5.14. The topological polar surface area (TPSA) is 87.7 Å². The summed E-state index contributed by atoms with van der Waals surface area (Å²) in [4.78, 5) is 36.3. The summed E-state index contributed by atoms with van der Waals surface area (Å²) in [5, 5.41) is 5.29. The van der Waals surface area contributed by atoms with Gasteiger partial charge in [0.1, 0.15) is 11.6 Å². The molecule has 2 fully saturated rings. The molecule has 3 amide bonds. The van der Waals surface area contributed by atoms with E-state index in [1.165, 1.54) is 0 Å². The first-order valence-corrected chi connectivity index (χ1v) is 10.0. The molecule has 0 bridgehead atoms.